The number of fused-ring (bicyclic) bond motifs is 1. The molecule has 31 heavy (non-hydrogen) atoms. The molecule has 1 unspecified atom stereocenters. The number of benzene rings is 1. The standard InChI is InChI=1S/C20H27N5O5S/c1-13-10-30-9-7-25(13)19-16-11-31(28,29)12-17(16)23-18(24-19)14-2-4-15(5-3-14)22-20(27)21-6-8-26/h2-5,13,26,28-29H,6-12H2,1H3,(H2,21,22,27). The van der Waals surface area contributed by atoms with E-state index in [0.29, 0.717) is 37.0 Å². The van der Waals surface area contributed by atoms with Crippen LogP contribution in [-0.2, 0) is 16.2 Å². The second-order valence-corrected chi connectivity index (χ2v) is 9.87. The van der Waals surface area contributed by atoms with Crippen LogP contribution in [0.25, 0.3) is 11.4 Å². The Morgan fingerprint density at radius 1 is 1.26 bits per heavy atom. The molecular weight excluding hydrogens is 422 g/mol. The lowest BCUT2D eigenvalue weighted by Crippen LogP contribution is -2.44. The van der Waals surface area contributed by atoms with Crippen molar-refractivity contribution in [3.05, 3.63) is 35.5 Å². The van der Waals surface area contributed by atoms with Gasteiger partial charge in [-0.25, -0.2) is 14.8 Å². The van der Waals surface area contributed by atoms with E-state index >= 15 is 0 Å². The van der Waals surface area contributed by atoms with Crippen molar-refractivity contribution in [1.29, 1.82) is 0 Å². The Bertz CT molecular complexity index is 956. The summed E-state index contributed by atoms with van der Waals surface area (Å²) in [4.78, 5) is 23.3. The van der Waals surface area contributed by atoms with Crippen LogP contribution in [0.1, 0.15) is 18.2 Å². The van der Waals surface area contributed by atoms with E-state index in [9.17, 15) is 13.9 Å². The first-order valence-electron chi connectivity index (χ1n) is 10.1. The van der Waals surface area contributed by atoms with Crippen LogP contribution in [0.4, 0.5) is 16.3 Å². The van der Waals surface area contributed by atoms with E-state index < -0.39 is 16.6 Å². The predicted octanol–water partition coefficient (Wildman–Crippen LogP) is 2.25. The number of anilines is 2. The summed E-state index contributed by atoms with van der Waals surface area (Å²) in [5.74, 6) is 1.54. The average Bonchev–Trinajstić information content (AvgIpc) is 3.06. The molecule has 1 fully saturated rings. The Morgan fingerprint density at radius 2 is 2.03 bits per heavy atom. The molecule has 0 saturated carbocycles. The van der Waals surface area contributed by atoms with Crippen LogP contribution in [0.5, 0.6) is 0 Å². The molecule has 4 rings (SSSR count). The molecule has 5 N–H and O–H groups in total. The molecule has 0 radical (unpaired) electrons. The van der Waals surface area contributed by atoms with Crippen LogP contribution < -0.4 is 15.5 Å². The summed E-state index contributed by atoms with van der Waals surface area (Å²) < 4.78 is 26.2. The molecule has 11 heteroatoms. The van der Waals surface area contributed by atoms with Crippen molar-refractivity contribution >= 4 is 28.1 Å². The van der Waals surface area contributed by atoms with Crippen molar-refractivity contribution in [2.45, 2.75) is 24.5 Å². The second kappa shape index (κ2) is 8.97. The minimum atomic E-state index is -2.74. The smallest absolute Gasteiger partial charge is 0.319 e. The fourth-order valence-corrected chi connectivity index (χ4v) is 5.28. The Hall–Kier alpha value is -2.44. The van der Waals surface area contributed by atoms with E-state index in [1.807, 2.05) is 12.1 Å². The van der Waals surface area contributed by atoms with Gasteiger partial charge in [-0.2, -0.15) is 10.6 Å². The van der Waals surface area contributed by atoms with Crippen LogP contribution in [0, 0.1) is 0 Å². The minimum Gasteiger partial charge on any atom is -0.395 e. The molecule has 1 saturated heterocycles. The SMILES string of the molecule is CC1COCCN1c1nc(-c2ccc(NC(=O)NCCO)cc2)nc2c1CS(O)(O)C2. The number of ether oxygens (including phenoxy) is 1. The van der Waals surface area contributed by atoms with Gasteiger partial charge in [0.2, 0.25) is 0 Å². The highest BCUT2D eigenvalue weighted by Gasteiger charge is 2.34. The van der Waals surface area contributed by atoms with Gasteiger partial charge in [0.05, 0.1) is 43.1 Å². The lowest BCUT2D eigenvalue weighted by atomic mass is 10.1. The Kier molecular flexibility index (Phi) is 6.30. The molecule has 10 nitrogen and oxygen atoms in total. The molecule has 2 amide bonds. The molecule has 3 heterocycles. The van der Waals surface area contributed by atoms with E-state index in [4.69, 9.17) is 14.8 Å². The highest BCUT2D eigenvalue weighted by atomic mass is 32.3. The van der Waals surface area contributed by atoms with Crippen molar-refractivity contribution in [3.63, 3.8) is 0 Å². The first-order chi connectivity index (χ1) is 14.9. The fraction of sp³-hybridized carbons (Fsp3) is 0.450. The molecule has 1 aromatic heterocycles. The molecule has 0 bridgehead atoms. The molecule has 0 spiro atoms. The number of nitrogens with zero attached hydrogens (tertiary/aromatic N) is 3. The van der Waals surface area contributed by atoms with Crippen molar-refractivity contribution < 1.29 is 23.7 Å². The van der Waals surface area contributed by atoms with Gasteiger partial charge in [-0.3, -0.25) is 9.11 Å². The van der Waals surface area contributed by atoms with Crippen molar-refractivity contribution in [2.24, 2.45) is 0 Å². The molecule has 2 aliphatic rings. The van der Waals surface area contributed by atoms with E-state index in [0.717, 1.165) is 16.9 Å². The molecule has 1 aromatic carbocycles. The summed E-state index contributed by atoms with van der Waals surface area (Å²) in [5.41, 5.74) is 2.83. The van der Waals surface area contributed by atoms with Gasteiger partial charge in [0, 0.05) is 29.9 Å². The number of morpholine rings is 1. The van der Waals surface area contributed by atoms with E-state index in [1.165, 1.54) is 0 Å². The summed E-state index contributed by atoms with van der Waals surface area (Å²) >= 11 is 0. The maximum Gasteiger partial charge on any atom is 0.319 e. The number of aromatic nitrogens is 2. The number of aliphatic hydroxyl groups excluding tert-OH is 1. The topological polar surface area (TPSA) is 140 Å². The van der Waals surface area contributed by atoms with Crippen molar-refractivity contribution in [1.82, 2.24) is 15.3 Å². The summed E-state index contributed by atoms with van der Waals surface area (Å²) in [5, 5.41) is 14.0. The van der Waals surface area contributed by atoms with Crippen molar-refractivity contribution in [2.75, 3.05) is 43.1 Å². The van der Waals surface area contributed by atoms with Crippen LogP contribution in [0.15, 0.2) is 24.3 Å². The number of hydrogen-bond acceptors (Lipinski definition) is 8. The number of amides is 2. The summed E-state index contributed by atoms with van der Waals surface area (Å²) in [6, 6.07) is 6.83. The van der Waals surface area contributed by atoms with E-state index in [2.05, 4.69) is 27.4 Å². The number of rotatable bonds is 5. The highest BCUT2D eigenvalue weighted by Crippen LogP contribution is 2.54. The summed E-state index contributed by atoms with van der Waals surface area (Å²) in [6.45, 7) is 3.96. The molecule has 1 atom stereocenters. The highest BCUT2D eigenvalue weighted by molar-refractivity contribution is 8.23. The van der Waals surface area contributed by atoms with Crippen LogP contribution >= 0.6 is 10.6 Å². The third kappa shape index (κ3) is 4.91. The number of carbonyl (C=O) groups excluding carboxylic acids is 1. The van der Waals surface area contributed by atoms with Gasteiger partial charge in [-0.05, 0) is 31.2 Å². The zero-order valence-corrected chi connectivity index (χ0v) is 18.1. The zero-order valence-electron chi connectivity index (χ0n) is 17.2. The monoisotopic (exact) mass is 449 g/mol. The minimum absolute atomic E-state index is 0.118. The number of urea groups is 1. The maximum atomic E-state index is 11.7. The number of aliphatic hydroxyl groups is 1. The maximum absolute atomic E-state index is 11.7. The van der Waals surface area contributed by atoms with Gasteiger partial charge >= 0.3 is 6.03 Å². The average molecular weight is 450 g/mol. The Balaban J connectivity index is 1.63. The summed E-state index contributed by atoms with van der Waals surface area (Å²) in [6.07, 6.45) is 0. The first-order valence-corrected chi connectivity index (χ1v) is 12.0. The van der Waals surface area contributed by atoms with Gasteiger partial charge in [-0.1, -0.05) is 0 Å². The first kappa shape index (κ1) is 21.8. The summed E-state index contributed by atoms with van der Waals surface area (Å²) in [7, 11) is -2.74. The molecule has 2 aromatic rings. The number of hydrogen-bond donors (Lipinski definition) is 5. The quantitative estimate of drug-likeness (QED) is 0.468. The molecular formula is C20H27N5O5S. The van der Waals surface area contributed by atoms with Crippen LogP contribution in [0.3, 0.4) is 0 Å². The normalized spacial score (nSPS) is 20.8. The number of carbonyl (C=O) groups is 1. The Labute approximate surface area is 182 Å². The van der Waals surface area contributed by atoms with Crippen LogP contribution in [0.2, 0.25) is 0 Å². The second-order valence-electron chi connectivity index (χ2n) is 7.69. The largest absolute Gasteiger partial charge is 0.395 e. The van der Waals surface area contributed by atoms with Crippen LogP contribution in [-0.4, -0.2) is 69.2 Å². The van der Waals surface area contributed by atoms with Gasteiger partial charge in [-0.15, -0.1) is 0 Å². The Morgan fingerprint density at radius 3 is 2.74 bits per heavy atom. The molecule has 0 aliphatic carbocycles. The van der Waals surface area contributed by atoms with Gasteiger partial charge in [0.15, 0.2) is 5.82 Å². The van der Waals surface area contributed by atoms with Gasteiger partial charge < -0.3 is 25.4 Å². The lowest BCUT2D eigenvalue weighted by Gasteiger charge is -2.35. The van der Waals surface area contributed by atoms with Gasteiger partial charge in [0.25, 0.3) is 0 Å². The van der Waals surface area contributed by atoms with Gasteiger partial charge in [0.1, 0.15) is 5.82 Å². The third-order valence-corrected chi connectivity index (χ3v) is 6.74. The lowest BCUT2D eigenvalue weighted by molar-refractivity contribution is 0.0984. The van der Waals surface area contributed by atoms with E-state index in [-0.39, 0.29) is 30.7 Å². The van der Waals surface area contributed by atoms with Crippen molar-refractivity contribution in [3.8, 4) is 11.4 Å². The zero-order chi connectivity index (χ0) is 22.0. The predicted molar refractivity (Wildman–Crippen MR) is 119 cm³/mol. The fourth-order valence-electron chi connectivity index (χ4n) is 3.74. The number of nitrogens with one attached hydrogen (secondary N) is 2. The van der Waals surface area contributed by atoms with E-state index in [1.54, 1.807) is 12.1 Å². The molecule has 168 valence electrons. The molecule has 2 aliphatic heterocycles. The third-order valence-electron chi connectivity index (χ3n) is 5.25.